The molecule has 0 heterocycles. The molecule has 0 atom stereocenters. The lowest BCUT2D eigenvalue weighted by Gasteiger charge is -2.15. The van der Waals surface area contributed by atoms with Gasteiger partial charge in [0.05, 0.1) is 0 Å². The summed E-state index contributed by atoms with van der Waals surface area (Å²) in [5.74, 6) is 9.65. The predicted molar refractivity (Wildman–Crippen MR) is 68.3 cm³/mol. The fourth-order valence-corrected chi connectivity index (χ4v) is 1.38. The van der Waals surface area contributed by atoms with E-state index >= 15 is 0 Å². The molecule has 0 N–H and O–H groups in total. The molecule has 0 nitrogen and oxygen atoms in total. The SMILES string of the molecule is C#CC#CC#C.CC1CCCCC1.[HH].[HH].[HH].[HH].[HH]. The average molecular weight is 182 g/mol. The second-order valence-corrected chi connectivity index (χ2v) is 3.28. The summed E-state index contributed by atoms with van der Waals surface area (Å²) < 4.78 is 0. The number of rotatable bonds is 0. The summed E-state index contributed by atoms with van der Waals surface area (Å²) in [6.07, 6.45) is 16.8. The van der Waals surface area contributed by atoms with Crippen molar-refractivity contribution < 1.29 is 7.13 Å². The van der Waals surface area contributed by atoms with Gasteiger partial charge in [-0.2, -0.15) is 0 Å². The van der Waals surface area contributed by atoms with Gasteiger partial charge in [0.2, 0.25) is 0 Å². The van der Waals surface area contributed by atoms with E-state index in [9.17, 15) is 0 Å². The first-order valence-electron chi connectivity index (χ1n) is 4.72. The van der Waals surface area contributed by atoms with Crippen LogP contribution in [-0.2, 0) is 0 Å². The van der Waals surface area contributed by atoms with Crippen LogP contribution in [0.3, 0.4) is 0 Å². The topological polar surface area (TPSA) is 0 Å². The normalized spacial score (nSPS) is 15.0. The van der Waals surface area contributed by atoms with Crippen molar-refractivity contribution in [2.75, 3.05) is 0 Å². The highest BCUT2D eigenvalue weighted by molar-refractivity contribution is 5.31. The largest absolute Gasteiger partial charge is 0.106 e. The molecular weight excluding hydrogens is 156 g/mol. The zero-order valence-corrected chi connectivity index (χ0v) is 8.27. The monoisotopic (exact) mass is 182 g/mol. The van der Waals surface area contributed by atoms with E-state index in [1.165, 1.54) is 32.1 Å². The Morgan fingerprint density at radius 1 is 1.00 bits per heavy atom. The van der Waals surface area contributed by atoms with E-state index in [4.69, 9.17) is 12.8 Å². The van der Waals surface area contributed by atoms with Gasteiger partial charge in [-0.3, -0.25) is 0 Å². The van der Waals surface area contributed by atoms with Gasteiger partial charge in [-0.25, -0.2) is 0 Å². The molecule has 0 aromatic carbocycles. The molecule has 0 heteroatoms. The van der Waals surface area contributed by atoms with Crippen LogP contribution in [-0.4, -0.2) is 0 Å². The van der Waals surface area contributed by atoms with Crippen LogP contribution < -0.4 is 0 Å². The molecule has 0 radical (unpaired) electrons. The van der Waals surface area contributed by atoms with Crippen LogP contribution in [0.2, 0.25) is 0 Å². The van der Waals surface area contributed by atoms with Gasteiger partial charge >= 0.3 is 0 Å². The molecule has 1 rings (SSSR count). The van der Waals surface area contributed by atoms with E-state index in [1.54, 1.807) is 0 Å². The third kappa shape index (κ3) is 8.59. The molecule has 1 saturated carbocycles. The standard InChI is InChI=1S/C7H14.C6H2.5H2/c1-7-5-3-2-4-6-7;1-3-5-6-4-2;;;;;/h7H,2-6H2,1H3;1-2H;5*1H. The molecule has 1 aliphatic rings. The maximum Gasteiger partial charge on any atom is 0 e. The van der Waals surface area contributed by atoms with Crippen molar-refractivity contribution in [3.05, 3.63) is 0 Å². The van der Waals surface area contributed by atoms with Crippen LogP contribution in [0.25, 0.3) is 0 Å². The summed E-state index contributed by atoms with van der Waals surface area (Å²) in [6.45, 7) is 2.36. The first-order chi connectivity index (χ1) is 6.31. The second-order valence-electron chi connectivity index (χ2n) is 3.28. The van der Waals surface area contributed by atoms with Crippen molar-refractivity contribution in [3.8, 4) is 36.5 Å². The molecule has 0 unspecified atom stereocenters. The van der Waals surface area contributed by atoms with Gasteiger partial charge in [-0.05, 0) is 29.6 Å². The Labute approximate surface area is 89.5 Å². The fourth-order valence-electron chi connectivity index (χ4n) is 1.38. The molecule has 0 aliphatic heterocycles. The van der Waals surface area contributed by atoms with Crippen molar-refractivity contribution in [3.63, 3.8) is 0 Å². The number of hydrogen-bond donors (Lipinski definition) is 0. The minimum atomic E-state index is 0. The van der Waals surface area contributed by atoms with Gasteiger partial charge in [0, 0.05) is 7.13 Å². The Morgan fingerprint density at radius 3 is 1.69 bits per heavy atom. The van der Waals surface area contributed by atoms with Crippen LogP contribution in [0, 0.1) is 42.4 Å². The van der Waals surface area contributed by atoms with E-state index in [0.29, 0.717) is 0 Å². The minimum Gasteiger partial charge on any atom is -0.106 e. The summed E-state index contributed by atoms with van der Waals surface area (Å²) in [6, 6.07) is 0. The second kappa shape index (κ2) is 8.77. The first kappa shape index (κ1) is 11.7. The third-order valence-corrected chi connectivity index (χ3v) is 2.10. The lowest BCUT2D eigenvalue weighted by Crippen LogP contribution is -1.99. The van der Waals surface area contributed by atoms with Gasteiger partial charge in [0.25, 0.3) is 0 Å². The third-order valence-electron chi connectivity index (χ3n) is 2.10. The van der Waals surface area contributed by atoms with Crippen LogP contribution >= 0.6 is 0 Å². The highest BCUT2D eigenvalue weighted by Crippen LogP contribution is 2.21. The smallest absolute Gasteiger partial charge is 0 e. The Hall–Kier alpha value is -1.32. The molecule has 1 fully saturated rings. The van der Waals surface area contributed by atoms with Crippen molar-refractivity contribution in [1.82, 2.24) is 0 Å². The summed E-state index contributed by atoms with van der Waals surface area (Å²) >= 11 is 0. The fraction of sp³-hybridized carbons (Fsp3) is 0.538. The maximum absolute atomic E-state index is 4.70. The van der Waals surface area contributed by atoms with Gasteiger partial charge in [0.1, 0.15) is 0 Å². The van der Waals surface area contributed by atoms with E-state index in [-0.39, 0.29) is 7.13 Å². The van der Waals surface area contributed by atoms with Crippen LogP contribution in [0.5, 0.6) is 0 Å². The van der Waals surface area contributed by atoms with E-state index in [0.717, 1.165) is 5.92 Å². The van der Waals surface area contributed by atoms with E-state index in [1.807, 2.05) is 0 Å². The summed E-state index contributed by atoms with van der Waals surface area (Å²) in [5.41, 5.74) is 0. The van der Waals surface area contributed by atoms with Crippen LogP contribution in [0.4, 0.5) is 0 Å². The number of hydrogen-bond acceptors (Lipinski definition) is 0. The molecule has 0 spiro atoms. The zero-order chi connectivity index (χ0) is 9.94. The van der Waals surface area contributed by atoms with E-state index in [2.05, 4.69) is 30.6 Å². The van der Waals surface area contributed by atoms with E-state index < -0.39 is 0 Å². The predicted octanol–water partition coefficient (Wildman–Crippen LogP) is 4.07. The highest BCUT2D eigenvalue weighted by Gasteiger charge is 2.05. The Bertz CT molecular complexity index is 240. The molecule has 1 aliphatic carbocycles. The average Bonchev–Trinajstić information content (AvgIpc) is 2.17. The quantitative estimate of drug-likeness (QED) is 0.495. The van der Waals surface area contributed by atoms with Crippen LogP contribution in [0.1, 0.15) is 46.2 Å². The van der Waals surface area contributed by atoms with Crippen molar-refractivity contribution in [2.45, 2.75) is 39.0 Å². The molecule has 0 aromatic heterocycles. The molecular formula is C13H26. The lowest BCUT2D eigenvalue weighted by atomic mass is 9.91. The molecule has 0 aromatic rings. The molecule has 13 heavy (non-hydrogen) atoms. The maximum atomic E-state index is 4.70. The summed E-state index contributed by atoms with van der Waals surface area (Å²) in [4.78, 5) is 0. The van der Waals surface area contributed by atoms with Crippen LogP contribution in [0.15, 0.2) is 0 Å². The lowest BCUT2D eigenvalue weighted by molar-refractivity contribution is 0.385. The molecule has 0 bridgehead atoms. The van der Waals surface area contributed by atoms with Crippen molar-refractivity contribution in [1.29, 1.82) is 0 Å². The Morgan fingerprint density at radius 2 is 1.46 bits per heavy atom. The van der Waals surface area contributed by atoms with Gasteiger partial charge in [0.15, 0.2) is 0 Å². The van der Waals surface area contributed by atoms with Gasteiger partial charge in [-0.1, -0.05) is 39.0 Å². The summed E-state index contributed by atoms with van der Waals surface area (Å²) in [7, 11) is 0. The molecule has 78 valence electrons. The Balaban J connectivity index is -0.0000000316. The van der Waals surface area contributed by atoms with Gasteiger partial charge in [-0.15, -0.1) is 12.8 Å². The number of terminal acetylenes is 2. The molecule has 0 saturated heterocycles. The Kier molecular flexibility index (Phi) is 7.88. The van der Waals surface area contributed by atoms with Crippen molar-refractivity contribution in [2.24, 2.45) is 5.92 Å². The molecule has 0 amide bonds. The minimum absolute atomic E-state index is 0. The zero-order valence-electron chi connectivity index (χ0n) is 8.27. The van der Waals surface area contributed by atoms with Gasteiger partial charge < -0.3 is 0 Å². The van der Waals surface area contributed by atoms with Crippen molar-refractivity contribution >= 4 is 0 Å². The first-order valence-corrected chi connectivity index (χ1v) is 4.72. The highest BCUT2D eigenvalue weighted by atomic mass is 14.1. The summed E-state index contributed by atoms with van der Waals surface area (Å²) in [5, 5.41) is 0.